The van der Waals surface area contributed by atoms with Crippen LogP contribution in [0.5, 0.6) is 0 Å². The van der Waals surface area contributed by atoms with Crippen molar-refractivity contribution in [1.29, 1.82) is 0 Å². The van der Waals surface area contributed by atoms with Crippen molar-refractivity contribution in [3.05, 3.63) is 17.4 Å². The summed E-state index contributed by atoms with van der Waals surface area (Å²) >= 11 is 1.65. The van der Waals surface area contributed by atoms with Gasteiger partial charge in [0.2, 0.25) is 0 Å². The predicted octanol–water partition coefficient (Wildman–Crippen LogP) is 1.86. The predicted molar refractivity (Wildman–Crippen MR) is 64.4 cm³/mol. The molecule has 4 nitrogen and oxygen atoms in total. The van der Waals surface area contributed by atoms with Crippen LogP contribution in [0, 0.1) is 0 Å². The minimum Gasteiger partial charge on any atom is -0.329 e. The molecule has 2 aromatic rings. The molecule has 16 heavy (non-hydrogen) atoms. The van der Waals surface area contributed by atoms with Gasteiger partial charge in [0, 0.05) is 24.4 Å². The van der Waals surface area contributed by atoms with E-state index in [2.05, 4.69) is 15.0 Å². The van der Waals surface area contributed by atoms with Crippen molar-refractivity contribution in [2.75, 3.05) is 6.54 Å². The molecular weight excluding hydrogens is 220 g/mol. The number of aromatic nitrogens is 3. The molecule has 2 N–H and O–H groups in total. The lowest BCUT2D eigenvalue weighted by Gasteiger charge is -2.23. The molecule has 0 bridgehead atoms. The second-order valence-electron chi connectivity index (χ2n) is 4.40. The summed E-state index contributed by atoms with van der Waals surface area (Å²) in [6, 6.07) is 0. The maximum atomic E-state index is 5.95. The summed E-state index contributed by atoms with van der Waals surface area (Å²) < 4.78 is 0. The number of nitrogens with zero attached hydrogens (tertiary/aromatic N) is 3. The maximum absolute atomic E-state index is 5.95. The van der Waals surface area contributed by atoms with E-state index in [1.807, 2.05) is 0 Å². The molecule has 0 amide bonds. The van der Waals surface area contributed by atoms with Gasteiger partial charge in [0.15, 0.2) is 10.5 Å². The minimum atomic E-state index is 0.104. The number of nitrogens with two attached hydrogens (primary N) is 1. The summed E-state index contributed by atoms with van der Waals surface area (Å²) in [7, 11) is 0. The first-order chi connectivity index (χ1) is 7.84. The first-order valence-electron chi connectivity index (χ1n) is 5.62. The van der Waals surface area contributed by atoms with Crippen molar-refractivity contribution >= 4 is 21.8 Å². The van der Waals surface area contributed by atoms with Crippen LogP contribution in [0.1, 0.15) is 30.7 Å². The van der Waals surface area contributed by atoms with Gasteiger partial charge in [-0.15, -0.1) is 0 Å². The molecule has 0 spiro atoms. The molecule has 0 atom stereocenters. The Morgan fingerprint density at radius 3 is 2.69 bits per heavy atom. The molecule has 0 aliphatic heterocycles. The normalized spacial score (nSPS) is 19.3. The van der Waals surface area contributed by atoms with Crippen LogP contribution in [0.25, 0.3) is 10.5 Å². The Kier molecular flexibility index (Phi) is 2.37. The molecule has 0 radical (unpaired) electrons. The van der Waals surface area contributed by atoms with Gasteiger partial charge in [-0.1, -0.05) is 24.2 Å². The lowest BCUT2D eigenvalue weighted by atomic mass is 9.87. The van der Waals surface area contributed by atoms with E-state index in [1.54, 1.807) is 23.7 Å². The molecule has 0 saturated heterocycles. The van der Waals surface area contributed by atoms with Gasteiger partial charge < -0.3 is 5.73 Å². The minimum absolute atomic E-state index is 0.104. The topological polar surface area (TPSA) is 64.7 Å². The van der Waals surface area contributed by atoms with Crippen LogP contribution in [0.3, 0.4) is 0 Å². The second-order valence-corrected chi connectivity index (χ2v) is 5.37. The summed E-state index contributed by atoms with van der Waals surface area (Å²) in [4.78, 5) is 14.1. The van der Waals surface area contributed by atoms with Crippen molar-refractivity contribution in [2.24, 2.45) is 5.73 Å². The van der Waals surface area contributed by atoms with Gasteiger partial charge in [0.05, 0.1) is 0 Å². The second kappa shape index (κ2) is 3.75. The molecule has 1 saturated carbocycles. The molecule has 2 aromatic heterocycles. The van der Waals surface area contributed by atoms with Crippen LogP contribution in [0.4, 0.5) is 0 Å². The highest BCUT2D eigenvalue weighted by molar-refractivity contribution is 7.18. The Labute approximate surface area is 97.9 Å². The third-order valence-electron chi connectivity index (χ3n) is 3.45. The Morgan fingerprint density at radius 2 is 2.00 bits per heavy atom. The molecule has 1 aliphatic rings. The van der Waals surface area contributed by atoms with E-state index in [0.717, 1.165) is 28.3 Å². The zero-order valence-corrected chi connectivity index (χ0v) is 9.83. The molecule has 3 rings (SSSR count). The van der Waals surface area contributed by atoms with Gasteiger partial charge in [-0.3, -0.25) is 0 Å². The monoisotopic (exact) mass is 234 g/mol. The van der Waals surface area contributed by atoms with E-state index < -0.39 is 0 Å². The molecule has 5 heteroatoms. The Hall–Kier alpha value is -1.07. The van der Waals surface area contributed by atoms with Gasteiger partial charge in [0.25, 0.3) is 0 Å². The fourth-order valence-corrected chi connectivity index (χ4v) is 3.58. The first kappa shape index (κ1) is 10.1. The van der Waals surface area contributed by atoms with Crippen LogP contribution < -0.4 is 5.73 Å². The van der Waals surface area contributed by atoms with Crippen molar-refractivity contribution in [2.45, 2.75) is 31.1 Å². The summed E-state index contributed by atoms with van der Waals surface area (Å²) in [6.45, 7) is 0.687. The first-order valence-corrected chi connectivity index (χ1v) is 6.44. The summed E-state index contributed by atoms with van der Waals surface area (Å²) in [5, 5.41) is 1.13. The van der Waals surface area contributed by atoms with E-state index in [9.17, 15) is 0 Å². The zero-order chi connectivity index (χ0) is 11.0. The molecular formula is C11H14N4S. The van der Waals surface area contributed by atoms with E-state index >= 15 is 0 Å². The van der Waals surface area contributed by atoms with Gasteiger partial charge in [-0.2, -0.15) is 0 Å². The number of rotatable bonds is 2. The van der Waals surface area contributed by atoms with Crippen molar-refractivity contribution in [1.82, 2.24) is 15.0 Å². The third kappa shape index (κ3) is 1.43. The molecule has 1 fully saturated rings. The van der Waals surface area contributed by atoms with Crippen LogP contribution in [0.2, 0.25) is 0 Å². The summed E-state index contributed by atoms with van der Waals surface area (Å²) in [6.07, 6.45) is 8.23. The van der Waals surface area contributed by atoms with Crippen LogP contribution >= 0.6 is 11.3 Å². The average Bonchev–Trinajstić information content (AvgIpc) is 2.96. The Bertz CT molecular complexity index is 468. The number of hydrogen-bond donors (Lipinski definition) is 1. The molecule has 0 aromatic carbocycles. The lowest BCUT2D eigenvalue weighted by Crippen LogP contribution is -2.31. The molecule has 0 unspecified atom stereocenters. The Morgan fingerprint density at radius 1 is 1.25 bits per heavy atom. The molecule has 1 aliphatic carbocycles. The van der Waals surface area contributed by atoms with E-state index in [-0.39, 0.29) is 5.41 Å². The fraction of sp³-hybridized carbons (Fsp3) is 0.545. The van der Waals surface area contributed by atoms with Gasteiger partial charge in [-0.05, 0) is 12.8 Å². The van der Waals surface area contributed by atoms with E-state index in [0.29, 0.717) is 6.54 Å². The smallest absolute Gasteiger partial charge is 0.189 e. The standard InChI is InChI=1S/C11H14N4S/c12-7-11(3-1-2-4-11)10-15-8-9(16-10)14-6-5-13-8/h5-6H,1-4,7,12H2. The zero-order valence-electron chi connectivity index (χ0n) is 9.02. The lowest BCUT2D eigenvalue weighted by molar-refractivity contribution is 0.451. The van der Waals surface area contributed by atoms with Gasteiger partial charge >= 0.3 is 0 Å². The molecule has 2 heterocycles. The van der Waals surface area contributed by atoms with Crippen LogP contribution in [0.15, 0.2) is 12.4 Å². The van der Waals surface area contributed by atoms with Crippen LogP contribution in [-0.2, 0) is 5.41 Å². The highest BCUT2D eigenvalue weighted by Crippen LogP contribution is 2.42. The van der Waals surface area contributed by atoms with E-state index in [4.69, 9.17) is 5.73 Å². The fourth-order valence-electron chi connectivity index (χ4n) is 2.46. The number of fused-ring (bicyclic) bond motifs is 1. The number of hydrogen-bond acceptors (Lipinski definition) is 5. The SMILES string of the molecule is NCC1(c2nc3nccnc3s2)CCCC1. The average molecular weight is 234 g/mol. The quantitative estimate of drug-likeness (QED) is 0.861. The van der Waals surface area contributed by atoms with Crippen LogP contribution in [-0.4, -0.2) is 21.5 Å². The maximum Gasteiger partial charge on any atom is 0.189 e. The van der Waals surface area contributed by atoms with Gasteiger partial charge in [0.1, 0.15) is 5.01 Å². The summed E-state index contributed by atoms with van der Waals surface area (Å²) in [5.74, 6) is 0. The van der Waals surface area contributed by atoms with Gasteiger partial charge in [-0.25, -0.2) is 15.0 Å². The van der Waals surface area contributed by atoms with Crippen molar-refractivity contribution in [3.63, 3.8) is 0 Å². The highest BCUT2D eigenvalue weighted by atomic mass is 32.1. The third-order valence-corrected chi connectivity index (χ3v) is 4.65. The summed E-state index contributed by atoms with van der Waals surface area (Å²) in [5.41, 5.74) is 6.82. The number of thiazole rings is 1. The Balaban J connectivity index is 2.10. The largest absolute Gasteiger partial charge is 0.329 e. The highest BCUT2D eigenvalue weighted by Gasteiger charge is 2.37. The van der Waals surface area contributed by atoms with Crippen molar-refractivity contribution in [3.8, 4) is 0 Å². The molecule has 84 valence electrons. The van der Waals surface area contributed by atoms with Crippen molar-refractivity contribution < 1.29 is 0 Å². The van der Waals surface area contributed by atoms with E-state index in [1.165, 1.54) is 12.8 Å².